The maximum absolute atomic E-state index is 12.9. The molecule has 0 unspecified atom stereocenters. The van der Waals surface area contributed by atoms with E-state index < -0.39 is 17.6 Å². The smallest absolute Gasteiger partial charge is 0.398 e. The summed E-state index contributed by atoms with van der Waals surface area (Å²) in [4.78, 5) is 22.4. The van der Waals surface area contributed by atoms with Crippen LogP contribution in [0.3, 0.4) is 0 Å². The number of hydrogen-bond donors (Lipinski definition) is 1. The van der Waals surface area contributed by atoms with E-state index in [2.05, 4.69) is 22.2 Å². The number of carbonyl (C=O) groups is 1. The molecular weight excluding hydrogens is 411 g/mol. The third kappa shape index (κ3) is 5.94. The summed E-state index contributed by atoms with van der Waals surface area (Å²) in [5, 5.41) is 10.2. The second-order valence-corrected chi connectivity index (χ2v) is 6.31. The number of nitrogens with zero attached hydrogens (tertiary/aromatic N) is 2. The van der Waals surface area contributed by atoms with Crippen LogP contribution in [0.1, 0.15) is 34.7 Å². The molecule has 0 aliphatic heterocycles. The fraction of sp³-hybridized carbons (Fsp3) is 0.227. The second-order valence-electron chi connectivity index (χ2n) is 6.31. The highest BCUT2D eigenvalue weighted by molar-refractivity contribution is 6.45. The number of rotatable bonds is 8. The molecule has 0 saturated heterocycles. The summed E-state index contributed by atoms with van der Waals surface area (Å²) in [7, 11) is 2.78. The number of amides is 1. The molecule has 0 aromatic heterocycles. The molecule has 0 spiro atoms. The molecule has 0 atom stereocenters. The van der Waals surface area contributed by atoms with Gasteiger partial charge in [-0.15, -0.1) is 0 Å². The summed E-state index contributed by atoms with van der Waals surface area (Å²) in [6.45, 7) is 5.22. The van der Waals surface area contributed by atoms with Gasteiger partial charge in [-0.2, -0.15) is 13.2 Å². The zero-order valence-corrected chi connectivity index (χ0v) is 17.3. The zero-order chi connectivity index (χ0) is 23.0. The Morgan fingerprint density at radius 2 is 1.90 bits per heavy atom. The van der Waals surface area contributed by atoms with E-state index in [0.717, 1.165) is 12.1 Å². The number of benzene rings is 2. The number of likely N-dealkylation sites (N-methyl/N-ethyl adjacent to an activating group) is 1. The van der Waals surface area contributed by atoms with Crippen molar-refractivity contribution in [3.63, 3.8) is 0 Å². The van der Waals surface area contributed by atoms with Crippen molar-refractivity contribution in [3.05, 3.63) is 76.9 Å². The lowest BCUT2D eigenvalue weighted by molar-refractivity contribution is -0.137. The van der Waals surface area contributed by atoms with Crippen LogP contribution in [0.4, 0.5) is 13.2 Å². The van der Waals surface area contributed by atoms with Crippen LogP contribution in [0.25, 0.3) is 6.08 Å². The van der Waals surface area contributed by atoms with Crippen LogP contribution in [-0.4, -0.2) is 31.5 Å². The first-order valence-corrected chi connectivity index (χ1v) is 9.15. The van der Waals surface area contributed by atoms with Gasteiger partial charge in [-0.1, -0.05) is 53.3 Å². The number of hydrogen-bond acceptors (Lipinski definition) is 5. The minimum absolute atomic E-state index is 0.0332. The zero-order valence-electron chi connectivity index (χ0n) is 17.3. The molecule has 0 fully saturated rings. The van der Waals surface area contributed by atoms with Gasteiger partial charge in [0.2, 0.25) is 0 Å². The van der Waals surface area contributed by atoms with Gasteiger partial charge in [0, 0.05) is 18.2 Å². The number of oxime groups is 2. The van der Waals surface area contributed by atoms with Gasteiger partial charge in [-0.05, 0) is 30.2 Å². The maximum atomic E-state index is 12.9. The topological polar surface area (TPSA) is 72.3 Å². The van der Waals surface area contributed by atoms with Gasteiger partial charge < -0.3 is 15.0 Å². The molecule has 0 heterocycles. The van der Waals surface area contributed by atoms with E-state index in [0.29, 0.717) is 16.7 Å². The quantitative estimate of drug-likeness (QED) is 0.496. The van der Waals surface area contributed by atoms with Crippen molar-refractivity contribution in [2.24, 2.45) is 10.3 Å². The predicted molar refractivity (Wildman–Crippen MR) is 113 cm³/mol. The summed E-state index contributed by atoms with van der Waals surface area (Å²) in [5.74, 6) is -0.465. The first-order chi connectivity index (χ1) is 14.7. The highest BCUT2D eigenvalue weighted by atomic mass is 19.4. The largest absolute Gasteiger partial charge is 0.416 e. The highest BCUT2D eigenvalue weighted by Crippen LogP contribution is 2.29. The average Bonchev–Trinajstić information content (AvgIpc) is 2.76. The fourth-order valence-electron chi connectivity index (χ4n) is 2.77. The second kappa shape index (κ2) is 10.4. The van der Waals surface area contributed by atoms with Crippen LogP contribution in [0.15, 0.2) is 59.4 Å². The van der Waals surface area contributed by atoms with Crippen LogP contribution < -0.4 is 5.32 Å². The van der Waals surface area contributed by atoms with Crippen molar-refractivity contribution in [2.45, 2.75) is 19.7 Å². The fourth-order valence-corrected chi connectivity index (χ4v) is 2.77. The van der Waals surface area contributed by atoms with Crippen LogP contribution in [-0.2, 0) is 27.3 Å². The Morgan fingerprint density at radius 1 is 1.19 bits per heavy atom. The van der Waals surface area contributed by atoms with E-state index in [4.69, 9.17) is 9.68 Å². The molecule has 1 N–H and O–H groups in total. The first-order valence-electron chi connectivity index (χ1n) is 9.15. The molecule has 0 bridgehead atoms. The molecule has 1 amide bonds. The molecule has 0 saturated carbocycles. The molecule has 0 radical (unpaired) electrons. The van der Waals surface area contributed by atoms with Gasteiger partial charge in [0.15, 0.2) is 5.71 Å². The molecule has 0 aliphatic rings. The van der Waals surface area contributed by atoms with Crippen LogP contribution in [0, 0.1) is 0 Å². The van der Waals surface area contributed by atoms with Gasteiger partial charge in [0.25, 0.3) is 5.91 Å². The molecule has 2 rings (SSSR count). The van der Waals surface area contributed by atoms with Crippen molar-refractivity contribution in [1.82, 2.24) is 5.32 Å². The Hall–Kier alpha value is -3.62. The molecule has 2 aromatic rings. The van der Waals surface area contributed by atoms with E-state index in [9.17, 15) is 18.0 Å². The lowest BCUT2D eigenvalue weighted by Gasteiger charge is -2.13. The van der Waals surface area contributed by atoms with E-state index in [1.165, 1.54) is 33.2 Å². The van der Waals surface area contributed by atoms with Gasteiger partial charge in [-0.25, -0.2) is 0 Å². The molecule has 0 aliphatic carbocycles. The first kappa shape index (κ1) is 23.7. The number of carbonyl (C=O) groups excluding carboxylic acids is 1. The minimum Gasteiger partial charge on any atom is -0.398 e. The van der Waals surface area contributed by atoms with E-state index in [1.807, 2.05) is 0 Å². The highest BCUT2D eigenvalue weighted by Gasteiger charge is 2.30. The molecular formula is C22H22F3N3O3. The van der Waals surface area contributed by atoms with Crippen molar-refractivity contribution < 1.29 is 27.6 Å². The molecule has 6 nitrogen and oxygen atoms in total. The standard InChI is InChI=1S/C22H22F3N3O3/c1-5-15-8-7-11-18(20(28-30-4)21(29)26-3)19(15)13-31-27-14(2)16-9-6-10-17(12-16)22(23,24)25/h5-12H,1,13H2,2-4H3,(H,26,29)/b27-14+,28-20+. The summed E-state index contributed by atoms with van der Waals surface area (Å²) < 4.78 is 38.8. The lowest BCUT2D eigenvalue weighted by atomic mass is 9.97. The SMILES string of the molecule is C=Cc1cccc(/C(=N\OC)C(=O)NC)c1CO/N=C(\C)c1cccc(C(F)(F)F)c1. The van der Waals surface area contributed by atoms with Gasteiger partial charge in [0.05, 0.1) is 11.3 Å². The average molecular weight is 433 g/mol. The molecule has 2 aromatic carbocycles. The van der Waals surface area contributed by atoms with Crippen molar-refractivity contribution in [1.29, 1.82) is 0 Å². The van der Waals surface area contributed by atoms with Crippen molar-refractivity contribution in [3.8, 4) is 0 Å². The Morgan fingerprint density at radius 3 is 2.52 bits per heavy atom. The lowest BCUT2D eigenvalue weighted by Crippen LogP contribution is -2.29. The number of nitrogens with one attached hydrogen (secondary N) is 1. The Kier molecular flexibility index (Phi) is 7.95. The van der Waals surface area contributed by atoms with E-state index in [-0.39, 0.29) is 23.6 Å². The monoisotopic (exact) mass is 433 g/mol. The number of alkyl halides is 3. The summed E-state index contributed by atoms with van der Waals surface area (Å²) in [5.41, 5.74) is 1.50. The summed E-state index contributed by atoms with van der Waals surface area (Å²) in [6.07, 6.45) is -2.87. The van der Waals surface area contributed by atoms with Crippen LogP contribution in [0.5, 0.6) is 0 Å². The third-order valence-electron chi connectivity index (χ3n) is 4.33. The maximum Gasteiger partial charge on any atom is 0.416 e. The van der Waals surface area contributed by atoms with E-state index >= 15 is 0 Å². The number of halogens is 3. The Balaban J connectivity index is 2.34. The normalized spacial score (nSPS) is 12.3. The van der Waals surface area contributed by atoms with Gasteiger partial charge in [-0.3, -0.25) is 4.79 Å². The predicted octanol–water partition coefficient (Wildman–Crippen LogP) is 4.39. The molecule has 164 valence electrons. The Bertz CT molecular complexity index is 1010. The van der Waals surface area contributed by atoms with Crippen LogP contribution >= 0.6 is 0 Å². The van der Waals surface area contributed by atoms with Crippen molar-refractivity contribution >= 4 is 23.4 Å². The molecule has 9 heteroatoms. The minimum atomic E-state index is -4.45. The molecule has 31 heavy (non-hydrogen) atoms. The van der Waals surface area contributed by atoms with E-state index in [1.54, 1.807) is 24.3 Å². The third-order valence-corrected chi connectivity index (χ3v) is 4.33. The van der Waals surface area contributed by atoms with Crippen molar-refractivity contribution in [2.75, 3.05) is 14.2 Å². The van der Waals surface area contributed by atoms with Gasteiger partial charge in [0.1, 0.15) is 13.7 Å². The van der Waals surface area contributed by atoms with Crippen LogP contribution in [0.2, 0.25) is 0 Å². The summed E-state index contributed by atoms with van der Waals surface area (Å²) >= 11 is 0. The van der Waals surface area contributed by atoms with Gasteiger partial charge >= 0.3 is 6.18 Å². The summed E-state index contributed by atoms with van der Waals surface area (Å²) in [6, 6.07) is 9.96. The Labute approximate surface area is 178 Å².